The lowest BCUT2D eigenvalue weighted by Gasteiger charge is -2.49. The number of sulfone groups is 1. The van der Waals surface area contributed by atoms with Crippen molar-refractivity contribution in [3.8, 4) is 0 Å². The fourth-order valence-corrected chi connectivity index (χ4v) is 4.94. The van der Waals surface area contributed by atoms with Crippen LogP contribution in [-0.4, -0.2) is 100 Å². The van der Waals surface area contributed by atoms with E-state index >= 15 is 0 Å². The molecular formula is C14H30N4O2S. The van der Waals surface area contributed by atoms with Gasteiger partial charge in [-0.25, -0.2) is 8.42 Å². The number of likely N-dealkylation sites (N-methyl/N-ethyl adjacent to an activating group) is 1. The van der Waals surface area contributed by atoms with Crippen molar-refractivity contribution in [1.29, 1.82) is 0 Å². The molecule has 0 aliphatic carbocycles. The van der Waals surface area contributed by atoms with E-state index in [2.05, 4.69) is 28.8 Å². The molecule has 2 N–H and O–H groups in total. The molecule has 0 aromatic carbocycles. The van der Waals surface area contributed by atoms with Crippen LogP contribution in [0.5, 0.6) is 0 Å². The monoisotopic (exact) mass is 318 g/mol. The van der Waals surface area contributed by atoms with Crippen LogP contribution in [0.25, 0.3) is 0 Å². The Morgan fingerprint density at radius 2 is 1.67 bits per heavy atom. The van der Waals surface area contributed by atoms with Crippen molar-refractivity contribution in [2.75, 3.05) is 71.4 Å². The van der Waals surface area contributed by atoms with E-state index < -0.39 is 9.84 Å². The molecule has 0 saturated carbocycles. The van der Waals surface area contributed by atoms with Gasteiger partial charge in [0.25, 0.3) is 0 Å². The number of nitrogens with zero attached hydrogens (tertiary/aromatic N) is 3. The van der Waals surface area contributed by atoms with Gasteiger partial charge in [-0.05, 0) is 26.9 Å². The summed E-state index contributed by atoms with van der Waals surface area (Å²) >= 11 is 0. The highest BCUT2D eigenvalue weighted by Gasteiger charge is 2.41. The minimum absolute atomic E-state index is 0.0844. The van der Waals surface area contributed by atoms with Gasteiger partial charge in [-0.1, -0.05) is 0 Å². The van der Waals surface area contributed by atoms with Gasteiger partial charge in [-0.15, -0.1) is 0 Å². The lowest BCUT2D eigenvalue weighted by molar-refractivity contribution is 0.0280. The SMILES string of the molecule is CN(C)CCN1CCN(C2(CN)CCS(=O)(=O)CC2)CC1. The molecule has 7 heteroatoms. The zero-order valence-electron chi connectivity index (χ0n) is 13.4. The zero-order valence-corrected chi connectivity index (χ0v) is 14.2. The van der Waals surface area contributed by atoms with Crippen LogP contribution < -0.4 is 5.73 Å². The van der Waals surface area contributed by atoms with Crippen molar-refractivity contribution in [2.45, 2.75) is 18.4 Å². The van der Waals surface area contributed by atoms with Crippen molar-refractivity contribution in [2.24, 2.45) is 5.73 Å². The normalized spacial score (nSPS) is 27.0. The molecule has 21 heavy (non-hydrogen) atoms. The molecule has 0 spiro atoms. The summed E-state index contributed by atoms with van der Waals surface area (Å²) in [5.74, 6) is 0.593. The Kier molecular flexibility index (Phi) is 5.65. The first-order chi connectivity index (χ1) is 9.87. The van der Waals surface area contributed by atoms with Crippen LogP contribution in [0, 0.1) is 0 Å². The Hall–Kier alpha value is -0.210. The fourth-order valence-electron chi connectivity index (χ4n) is 3.35. The van der Waals surface area contributed by atoms with Crippen molar-refractivity contribution in [3.05, 3.63) is 0 Å². The first-order valence-corrected chi connectivity index (χ1v) is 9.72. The highest BCUT2D eigenvalue weighted by atomic mass is 32.2. The average molecular weight is 318 g/mol. The maximum absolute atomic E-state index is 11.7. The summed E-state index contributed by atoms with van der Waals surface area (Å²) in [7, 11) is 1.37. The Bertz CT molecular complexity index is 416. The molecule has 2 heterocycles. The lowest BCUT2D eigenvalue weighted by Crippen LogP contribution is -2.62. The smallest absolute Gasteiger partial charge is 0.150 e. The predicted molar refractivity (Wildman–Crippen MR) is 86.2 cm³/mol. The predicted octanol–water partition coefficient (Wildman–Crippen LogP) is -0.928. The largest absolute Gasteiger partial charge is 0.329 e. The number of nitrogens with two attached hydrogens (primary N) is 1. The summed E-state index contributed by atoms with van der Waals surface area (Å²) in [6, 6.07) is 0. The van der Waals surface area contributed by atoms with E-state index in [9.17, 15) is 8.42 Å². The van der Waals surface area contributed by atoms with Gasteiger partial charge in [0.2, 0.25) is 0 Å². The van der Waals surface area contributed by atoms with Crippen molar-refractivity contribution < 1.29 is 8.42 Å². The van der Waals surface area contributed by atoms with Gasteiger partial charge >= 0.3 is 0 Å². The van der Waals surface area contributed by atoms with Crippen LogP contribution in [0.15, 0.2) is 0 Å². The van der Waals surface area contributed by atoms with Crippen LogP contribution in [-0.2, 0) is 9.84 Å². The van der Waals surface area contributed by atoms with E-state index in [1.807, 2.05) is 0 Å². The molecular weight excluding hydrogens is 288 g/mol. The van der Waals surface area contributed by atoms with Gasteiger partial charge in [0, 0.05) is 51.4 Å². The minimum atomic E-state index is -2.83. The molecule has 2 rings (SSSR count). The molecule has 2 saturated heterocycles. The van der Waals surface area contributed by atoms with E-state index in [0.717, 1.165) is 39.3 Å². The molecule has 0 unspecified atom stereocenters. The maximum Gasteiger partial charge on any atom is 0.150 e. The molecule has 0 atom stereocenters. The number of hydrogen-bond donors (Lipinski definition) is 1. The van der Waals surface area contributed by atoms with E-state index in [4.69, 9.17) is 5.73 Å². The van der Waals surface area contributed by atoms with Crippen LogP contribution in [0.2, 0.25) is 0 Å². The molecule has 0 aromatic rings. The highest BCUT2D eigenvalue weighted by molar-refractivity contribution is 7.91. The summed E-state index contributed by atoms with van der Waals surface area (Å²) in [4.78, 5) is 7.15. The second kappa shape index (κ2) is 6.91. The van der Waals surface area contributed by atoms with Gasteiger partial charge in [0.15, 0.2) is 0 Å². The standard InChI is InChI=1S/C14H30N4O2S/c1-16(2)5-6-17-7-9-18(10-8-17)14(13-15)3-11-21(19,20)12-4-14/h3-13,15H2,1-2H3. The minimum Gasteiger partial charge on any atom is -0.329 e. The third-order valence-corrected chi connectivity index (χ3v) is 6.70. The Morgan fingerprint density at radius 3 is 2.14 bits per heavy atom. The average Bonchev–Trinajstić information content (AvgIpc) is 2.46. The molecule has 2 aliphatic heterocycles. The van der Waals surface area contributed by atoms with Gasteiger partial charge in [-0.3, -0.25) is 9.80 Å². The summed E-state index contributed by atoms with van der Waals surface area (Å²) < 4.78 is 23.3. The summed E-state index contributed by atoms with van der Waals surface area (Å²) in [6.07, 6.45) is 1.40. The Morgan fingerprint density at radius 1 is 1.10 bits per heavy atom. The molecule has 0 radical (unpaired) electrons. The molecule has 0 aromatic heterocycles. The van der Waals surface area contributed by atoms with Gasteiger partial charge in [0.05, 0.1) is 11.5 Å². The van der Waals surface area contributed by atoms with E-state index in [1.165, 1.54) is 0 Å². The van der Waals surface area contributed by atoms with Crippen molar-refractivity contribution in [1.82, 2.24) is 14.7 Å². The lowest BCUT2D eigenvalue weighted by atomic mass is 9.89. The summed E-state index contributed by atoms with van der Waals surface area (Å²) in [5, 5.41) is 0. The molecule has 2 aliphatic rings. The molecule has 2 fully saturated rings. The number of rotatable bonds is 5. The Balaban J connectivity index is 1.88. The third kappa shape index (κ3) is 4.39. The Labute approximate surface area is 129 Å². The third-order valence-electron chi connectivity index (χ3n) is 5.04. The molecule has 6 nitrogen and oxygen atoms in total. The van der Waals surface area contributed by atoms with Crippen LogP contribution in [0.3, 0.4) is 0 Å². The molecule has 124 valence electrons. The van der Waals surface area contributed by atoms with Gasteiger partial charge in [0.1, 0.15) is 9.84 Å². The van der Waals surface area contributed by atoms with Crippen molar-refractivity contribution >= 4 is 9.84 Å². The zero-order chi connectivity index (χ0) is 15.5. The summed E-state index contributed by atoms with van der Waals surface area (Å²) in [6.45, 7) is 6.88. The van der Waals surface area contributed by atoms with E-state index in [1.54, 1.807) is 0 Å². The number of piperazine rings is 1. The van der Waals surface area contributed by atoms with Crippen LogP contribution >= 0.6 is 0 Å². The summed E-state index contributed by atoms with van der Waals surface area (Å²) in [5.41, 5.74) is 5.95. The molecule has 0 bridgehead atoms. The number of hydrogen-bond acceptors (Lipinski definition) is 6. The van der Waals surface area contributed by atoms with Crippen LogP contribution in [0.4, 0.5) is 0 Å². The quantitative estimate of drug-likeness (QED) is 0.706. The fraction of sp³-hybridized carbons (Fsp3) is 1.00. The second-order valence-corrected chi connectivity index (χ2v) is 9.02. The second-order valence-electron chi connectivity index (χ2n) is 6.71. The first-order valence-electron chi connectivity index (χ1n) is 7.89. The topological polar surface area (TPSA) is 69.9 Å². The van der Waals surface area contributed by atoms with E-state index in [0.29, 0.717) is 30.9 Å². The van der Waals surface area contributed by atoms with Gasteiger partial charge in [-0.2, -0.15) is 0 Å². The first kappa shape index (κ1) is 17.1. The van der Waals surface area contributed by atoms with Crippen LogP contribution in [0.1, 0.15) is 12.8 Å². The molecule has 0 amide bonds. The van der Waals surface area contributed by atoms with E-state index in [-0.39, 0.29) is 5.54 Å². The maximum atomic E-state index is 11.7. The van der Waals surface area contributed by atoms with Crippen molar-refractivity contribution in [3.63, 3.8) is 0 Å². The highest BCUT2D eigenvalue weighted by Crippen LogP contribution is 2.30. The van der Waals surface area contributed by atoms with Gasteiger partial charge < -0.3 is 10.6 Å².